The Labute approximate surface area is 92.7 Å². The monoisotopic (exact) mass is 225 g/mol. The van der Waals surface area contributed by atoms with Gasteiger partial charge in [-0.25, -0.2) is 4.39 Å². The van der Waals surface area contributed by atoms with Crippen molar-refractivity contribution in [2.75, 3.05) is 12.4 Å². The van der Waals surface area contributed by atoms with Gasteiger partial charge < -0.3 is 5.11 Å². The normalized spacial score (nSPS) is 9.93. The van der Waals surface area contributed by atoms with Gasteiger partial charge in [-0.2, -0.15) is 17.0 Å². The lowest BCUT2D eigenvalue weighted by atomic mass is 10.1. The number of aliphatic hydroxyl groups excluding tert-OH is 1. The van der Waals surface area contributed by atoms with E-state index in [0.29, 0.717) is 11.3 Å². The van der Waals surface area contributed by atoms with Crippen LogP contribution >= 0.6 is 11.8 Å². The predicted octanol–water partition coefficient (Wildman–Crippen LogP) is 2.31. The molecule has 0 heterocycles. The highest BCUT2D eigenvalue weighted by atomic mass is 32.2. The van der Waals surface area contributed by atoms with Crippen LogP contribution in [-0.4, -0.2) is 17.5 Å². The molecule has 2 nitrogen and oxygen atoms in total. The van der Waals surface area contributed by atoms with Crippen molar-refractivity contribution in [1.82, 2.24) is 0 Å². The van der Waals surface area contributed by atoms with Gasteiger partial charge in [-0.1, -0.05) is 0 Å². The smallest absolute Gasteiger partial charge is 0.123 e. The Bertz CT molecular complexity index is 362. The van der Waals surface area contributed by atoms with E-state index in [1.165, 1.54) is 18.2 Å². The molecule has 0 aliphatic heterocycles. The molecule has 1 N–H and O–H groups in total. The van der Waals surface area contributed by atoms with Crippen LogP contribution in [0.5, 0.6) is 0 Å². The summed E-state index contributed by atoms with van der Waals surface area (Å²) >= 11 is 1.59. The minimum Gasteiger partial charge on any atom is -0.396 e. The van der Waals surface area contributed by atoms with Crippen molar-refractivity contribution in [3.8, 4) is 6.07 Å². The summed E-state index contributed by atoms with van der Waals surface area (Å²) < 4.78 is 12.9. The van der Waals surface area contributed by atoms with Crippen LogP contribution in [0, 0.1) is 17.1 Å². The fraction of sp³-hybridized carbons (Fsp3) is 0.364. The van der Waals surface area contributed by atoms with E-state index in [2.05, 4.69) is 0 Å². The molecule has 0 atom stereocenters. The summed E-state index contributed by atoms with van der Waals surface area (Å²) in [6.07, 6.45) is 0.724. The van der Waals surface area contributed by atoms with Gasteiger partial charge in [0.05, 0.1) is 11.6 Å². The van der Waals surface area contributed by atoms with E-state index in [0.717, 1.165) is 17.7 Å². The Kier molecular flexibility index (Phi) is 5.16. The van der Waals surface area contributed by atoms with Gasteiger partial charge in [0.25, 0.3) is 0 Å². The van der Waals surface area contributed by atoms with Crippen molar-refractivity contribution in [2.45, 2.75) is 12.2 Å². The number of rotatable bonds is 5. The van der Waals surface area contributed by atoms with Crippen molar-refractivity contribution in [3.63, 3.8) is 0 Å². The molecule has 1 rings (SSSR count). The fourth-order valence-corrected chi connectivity index (χ4v) is 2.08. The van der Waals surface area contributed by atoms with E-state index in [9.17, 15) is 4.39 Å². The number of nitrogens with zero attached hydrogens (tertiary/aromatic N) is 1. The number of benzene rings is 1. The lowest BCUT2D eigenvalue weighted by molar-refractivity contribution is 0.296. The second-order valence-electron chi connectivity index (χ2n) is 3.04. The molecule has 0 amide bonds. The quantitative estimate of drug-likeness (QED) is 0.782. The minimum absolute atomic E-state index is 0.168. The number of nitriles is 1. The molecule has 0 radical (unpaired) electrons. The average molecular weight is 225 g/mol. The van der Waals surface area contributed by atoms with Crippen LogP contribution in [-0.2, 0) is 5.75 Å². The molecule has 0 spiro atoms. The molecular weight excluding hydrogens is 213 g/mol. The van der Waals surface area contributed by atoms with E-state index in [1.54, 1.807) is 11.8 Å². The van der Waals surface area contributed by atoms with Gasteiger partial charge >= 0.3 is 0 Å². The maximum Gasteiger partial charge on any atom is 0.123 e. The third-order valence-corrected chi connectivity index (χ3v) is 2.98. The predicted molar refractivity (Wildman–Crippen MR) is 59.0 cm³/mol. The lowest BCUT2D eigenvalue weighted by Crippen LogP contribution is -1.91. The lowest BCUT2D eigenvalue weighted by Gasteiger charge is -2.03. The van der Waals surface area contributed by atoms with Gasteiger partial charge in [0.15, 0.2) is 0 Å². The Balaban J connectivity index is 2.59. The van der Waals surface area contributed by atoms with Crippen LogP contribution in [0.2, 0.25) is 0 Å². The van der Waals surface area contributed by atoms with Crippen LogP contribution in [0.1, 0.15) is 17.5 Å². The summed E-state index contributed by atoms with van der Waals surface area (Å²) in [7, 11) is 0. The maximum absolute atomic E-state index is 12.9. The summed E-state index contributed by atoms with van der Waals surface area (Å²) in [4.78, 5) is 0. The number of aliphatic hydroxyl groups is 1. The van der Waals surface area contributed by atoms with E-state index in [-0.39, 0.29) is 12.4 Å². The molecule has 4 heteroatoms. The largest absolute Gasteiger partial charge is 0.396 e. The third-order valence-electron chi connectivity index (χ3n) is 1.89. The van der Waals surface area contributed by atoms with Gasteiger partial charge in [-0.3, -0.25) is 0 Å². The topological polar surface area (TPSA) is 44.0 Å². The second-order valence-corrected chi connectivity index (χ2v) is 4.15. The third kappa shape index (κ3) is 3.90. The highest BCUT2D eigenvalue weighted by Gasteiger charge is 2.03. The number of hydrogen-bond acceptors (Lipinski definition) is 3. The van der Waals surface area contributed by atoms with Crippen molar-refractivity contribution < 1.29 is 9.50 Å². The van der Waals surface area contributed by atoms with E-state index in [4.69, 9.17) is 10.4 Å². The maximum atomic E-state index is 12.9. The Morgan fingerprint density at radius 3 is 2.93 bits per heavy atom. The van der Waals surface area contributed by atoms with Gasteiger partial charge in [-0.05, 0) is 35.9 Å². The molecule has 0 fully saturated rings. The van der Waals surface area contributed by atoms with E-state index >= 15 is 0 Å². The van der Waals surface area contributed by atoms with Gasteiger partial charge in [0.2, 0.25) is 0 Å². The highest BCUT2D eigenvalue weighted by Crippen LogP contribution is 2.17. The number of hydrogen-bond donors (Lipinski definition) is 1. The molecule has 15 heavy (non-hydrogen) atoms. The standard InChI is InChI=1S/C11H12FNOS/c12-11-3-2-9(7-13)10(6-11)8-15-5-1-4-14/h2-3,6,14H,1,4-5,8H2. The number of thioether (sulfide) groups is 1. The zero-order chi connectivity index (χ0) is 11.1. The van der Waals surface area contributed by atoms with Crippen LogP contribution in [0.15, 0.2) is 18.2 Å². The minimum atomic E-state index is -0.313. The van der Waals surface area contributed by atoms with Crippen LogP contribution in [0.4, 0.5) is 4.39 Å². The zero-order valence-corrected chi connectivity index (χ0v) is 9.06. The van der Waals surface area contributed by atoms with E-state index in [1.807, 2.05) is 6.07 Å². The van der Waals surface area contributed by atoms with Crippen molar-refractivity contribution in [1.29, 1.82) is 5.26 Å². The molecular formula is C11H12FNOS. The zero-order valence-electron chi connectivity index (χ0n) is 8.24. The molecule has 0 saturated carbocycles. The van der Waals surface area contributed by atoms with Crippen molar-refractivity contribution >= 4 is 11.8 Å². The molecule has 1 aromatic carbocycles. The second kappa shape index (κ2) is 6.44. The summed E-state index contributed by atoms with van der Waals surface area (Å²) in [5, 5.41) is 17.4. The first-order chi connectivity index (χ1) is 7.27. The Morgan fingerprint density at radius 2 is 2.27 bits per heavy atom. The fourth-order valence-electron chi connectivity index (χ4n) is 1.14. The van der Waals surface area contributed by atoms with Crippen molar-refractivity contribution in [3.05, 3.63) is 35.1 Å². The van der Waals surface area contributed by atoms with Crippen LogP contribution in [0.25, 0.3) is 0 Å². The SMILES string of the molecule is N#Cc1ccc(F)cc1CSCCCO. The number of halogens is 1. The highest BCUT2D eigenvalue weighted by molar-refractivity contribution is 7.98. The molecule has 0 unspecified atom stereocenters. The molecule has 0 aliphatic carbocycles. The van der Waals surface area contributed by atoms with Gasteiger partial charge in [-0.15, -0.1) is 0 Å². The van der Waals surface area contributed by atoms with Gasteiger partial charge in [0, 0.05) is 12.4 Å². The molecule has 1 aromatic rings. The summed E-state index contributed by atoms with van der Waals surface area (Å²) in [6, 6.07) is 6.22. The molecule has 0 saturated heterocycles. The summed E-state index contributed by atoms with van der Waals surface area (Å²) in [5.41, 5.74) is 1.24. The average Bonchev–Trinajstić information content (AvgIpc) is 2.25. The summed E-state index contributed by atoms with van der Waals surface area (Å²) in [5.74, 6) is 1.12. The molecule has 80 valence electrons. The van der Waals surface area contributed by atoms with Gasteiger partial charge in [0.1, 0.15) is 5.82 Å². The van der Waals surface area contributed by atoms with E-state index < -0.39 is 0 Å². The summed E-state index contributed by atoms with van der Waals surface area (Å²) in [6.45, 7) is 0.168. The molecule has 0 aliphatic rings. The molecule has 0 aromatic heterocycles. The first-order valence-corrected chi connectivity index (χ1v) is 5.80. The first-order valence-electron chi connectivity index (χ1n) is 4.65. The van der Waals surface area contributed by atoms with Crippen LogP contribution < -0.4 is 0 Å². The van der Waals surface area contributed by atoms with Crippen LogP contribution in [0.3, 0.4) is 0 Å². The Hall–Kier alpha value is -1.05. The molecule has 0 bridgehead atoms. The Morgan fingerprint density at radius 1 is 1.47 bits per heavy atom. The van der Waals surface area contributed by atoms with Crippen molar-refractivity contribution in [2.24, 2.45) is 0 Å². The first kappa shape index (κ1) is 12.0.